The Morgan fingerprint density at radius 1 is 1.17 bits per heavy atom. The number of ether oxygens (including phenoxy) is 1. The van der Waals surface area contributed by atoms with Crippen LogP contribution in [0.3, 0.4) is 0 Å². The molecule has 1 aromatic carbocycles. The number of benzene rings is 1. The van der Waals surface area contributed by atoms with Crippen molar-refractivity contribution in [2.75, 3.05) is 6.61 Å². The number of aromatic nitrogens is 1. The average Bonchev–Trinajstić information content (AvgIpc) is 2.42. The zero-order valence-electron chi connectivity index (χ0n) is 10.0. The first kappa shape index (κ1) is 12.5. The van der Waals surface area contributed by atoms with Gasteiger partial charge in [-0.15, -0.1) is 0 Å². The number of aliphatic hydroxyl groups is 1. The number of pyridine rings is 1. The van der Waals surface area contributed by atoms with Crippen LogP contribution in [0, 0.1) is 0 Å². The number of nitrogens with zero attached hydrogens (tertiary/aromatic N) is 1. The Balaban J connectivity index is 2.13. The summed E-state index contributed by atoms with van der Waals surface area (Å²) in [6.07, 6.45) is 4.00. The third-order valence-corrected chi connectivity index (χ3v) is 2.64. The molecular formula is C14H16N2O2. The Hall–Kier alpha value is -1.91. The van der Waals surface area contributed by atoms with E-state index in [9.17, 15) is 0 Å². The fourth-order valence-electron chi connectivity index (χ4n) is 1.65. The molecule has 2 rings (SSSR count). The molecule has 4 nitrogen and oxygen atoms in total. The summed E-state index contributed by atoms with van der Waals surface area (Å²) in [6, 6.07) is 9.46. The van der Waals surface area contributed by atoms with Crippen molar-refractivity contribution in [3.63, 3.8) is 0 Å². The zero-order chi connectivity index (χ0) is 12.8. The molecule has 0 radical (unpaired) electrons. The largest absolute Gasteiger partial charge is 0.455 e. The molecule has 0 aliphatic rings. The second-order valence-electron chi connectivity index (χ2n) is 3.91. The summed E-state index contributed by atoms with van der Waals surface area (Å²) in [5.41, 5.74) is 7.63. The van der Waals surface area contributed by atoms with Crippen molar-refractivity contribution in [1.29, 1.82) is 0 Å². The van der Waals surface area contributed by atoms with E-state index in [1.54, 1.807) is 12.4 Å². The van der Waals surface area contributed by atoms with Gasteiger partial charge in [-0.05, 0) is 30.2 Å². The summed E-state index contributed by atoms with van der Waals surface area (Å²) < 4.78 is 5.73. The molecule has 18 heavy (non-hydrogen) atoms. The lowest BCUT2D eigenvalue weighted by molar-refractivity contribution is 0.299. The van der Waals surface area contributed by atoms with Crippen LogP contribution >= 0.6 is 0 Å². The third kappa shape index (κ3) is 3.06. The predicted molar refractivity (Wildman–Crippen MR) is 69.4 cm³/mol. The molecule has 2 aromatic rings. The van der Waals surface area contributed by atoms with Crippen LogP contribution in [0.5, 0.6) is 11.5 Å². The fraction of sp³-hybridized carbons (Fsp3) is 0.214. The van der Waals surface area contributed by atoms with Crippen molar-refractivity contribution in [2.45, 2.75) is 13.0 Å². The van der Waals surface area contributed by atoms with E-state index in [0.29, 0.717) is 18.7 Å². The first-order chi connectivity index (χ1) is 8.83. The lowest BCUT2D eigenvalue weighted by Gasteiger charge is -2.09. The molecule has 0 bridgehead atoms. The van der Waals surface area contributed by atoms with Crippen molar-refractivity contribution in [3.05, 3.63) is 53.9 Å². The summed E-state index contributed by atoms with van der Waals surface area (Å²) in [4.78, 5) is 4.02. The molecule has 4 heteroatoms. The lowest BCUT2D eigenvalue weighted by atomic mass is 10.1. The second kappa shape index (κ2) is 6.14. The van der Waals surface area contributed by atoms with Crippen molar-refractivity contribution in [3.8, 4) is 11.5 Å². The molecule has 0 aliphatic carbocycles. The van der Waals surface area contributed by atoms with E-state index in [4.69, 9.17) is 15.6 Å². The summed E-state index contributed by atoms with van der Waals surface area (Å²) in [6.45, 7) is 0.570. The molecule has 0 spiro atoms. The van der Waals surface area contributed by atoms with Gasteiger partial charge >= 0.3 is 0 Å². The molecule has 3 N–H and O–H groups in total. The van der Waals surface area contributed by atoms with Crippen molar-refractivity contribution < 1.29 is 9.84 Å². The number of nitrogens with two attached hydrogens (primary N) is 1. The quantitative estimate of drug-likeness (QED) is 0.842. The number of rotatable bonds is 5. The summed E-state index contributed by atoms with van der Waals surface area (Å²) in [5.74, 6) is 1.41. The molecule has 0 unspecified atom stereocenters. The van der Waals surface area contributed by atoms with E-state index in [-0.39, 0.29) is 6.61 Å². The molecule has 0 saturated carbocycles. The van der Waals surface area contributed by atoms with Crippen molar-refractivity contribution in [1.82, 2.24) is 4.98 Å². The van der Waals surface area contributed by atoms with Gasteiger partial charge in [0.15, 0.2) is 0 Å². The zero-order valence-corrected chi connectivity index (χ0v) is 10.0. The van der Waals surface area contributed by atoms with Gasteiger partial charge in [-0.3, -0.25) is 4.98 Å². The average molecular weight is 244 g/mol. The van der Waals surface area contributed by atoms with Gasteiger partial charge in [-0.2, -0.15) is 0 Å². The minimum absolute atomic E-state index is 0.153. The van der Waals surface area contributed by atoms with E-state index in [2.05, 4.69) is 4.98 Å². The lowest BCUT2D eigenvalue weighted by Crippen LogP contribution is -1.99. The van der Waals surface area contributed by atoms with Gasteiger partial charge in [0.25, 0.3) is 0 Å². The maximum Gasteiger partial charge on any atom is 0.150 e. The number of hydrogen-bond acceptors (Lipinski definition) is 4. The molecule has 0 fully saturated rings. The number of hydrogen-bond donors (Lipinski definition) is 2. The highest BCUT2D eigenvalue weighted by Crippen LogP contribution is 2.24. The van der Waals surface area contributed by atoms with E-state index < -0.39 is 0 Å². The standard InChI is InChI=1S/C14H16N2O2/c15-9-12-5-7-16-10-14(12)18-13-3-1-11(2-4-13)6-8-17/h1-5,7,10,17H,6,8-9,15H2. The topological polar surface area (TPSA) is 68.4 Å². The Labute approximate surface area is 106 Å². The summed E-state index contributed by atoms with van der Waals surface area (Å²) in [5, 5.41) is 8.84. The highest BCUT2D eigenvalue weighted by atomic mass is 16.5. The van der Waals surface area contributed by atoms with Crippen LogP contribution < -0.4 is 10.5 Å². The van der Waals surface area contributed by atoms with Gasteiger partial charge in [0.1, 0.15) is 11.5 Å². The molecule has 1 heterocycles. The minimum atomic E-state index is 0.153. The third-order valence-electron chi connectivity index (χ3n) is 2.64. The van der Waals surface area contributed by atoms with Crippen LogP contribution in [-0.4, -0.2) is 16.7 Å². The van der Waals surface area contributed by atoms with E-state index >= 15 is 0 Å². The highest BCUT2D eigenvalue weighted by Gasteiger charge is 2.03. The maximum absolute atomic E-state index is 8.84. The first-order valence-electron chi connectivity index (χ1n) is 5.84. The molecule has 0 saturated heterocycles. The highest BCUT2D eigenvalue weighted by molar-refractivity contribution is 5.36. The Morgan fingerprint density at radius 3 is 2.61 bits per heavy atom. The second-order valence-corrected chi connectivity index (χ2v) is 3.91. The normalized spacial score (nSPS) is 10.3. The monoisotopic (exact) mass is 244 g/mol. The SMILES string of the molecule is NCc1ccncc1Oc1ccc(CCO)cc1. The maximum atomic E-state index is 8.84. The van der Waals surface area contributed by atoms with E-state index in [1.165, 1.54) is 0 Å². The Morgan fingerprint density at radius 2 is 1.94 bits per heavy atom. The van der Waals surface area contributed by atoms with Gasteiger partial charge in [-0.1, -0.05) is 12.1 Å². The summed E-state index contributed by atoms with van der Waals surface area (Å²) in [7, 11) is 0. The van der Waals surface area contributed by atoms with Crippen molar-refractivity contribution >= 4 is 0 Å². The van der Waals surface area contributed by atoms with Crippen LogP contribution in [0.2, 0.25) is 0 Å². The van der Waals surface area contributed by atoms with Crippen LogP contribution in [-0.2, 0) is 13.0 Å². The summed E-state index contributed by atoms with van der Waals surface area (Å²) >= 11 is 0. The Kier molecular flexibility index (Phi) is 4.28. The van der Waals surface area contributed by atoms with Crippen LogP contribution in [0.15, 0.2) is 42.7 Å². The van der Waals surface area contributed by atoms with Gasteiger partial charge in [0.05, 0.1) is 6.20 Å². The van der Waals surface area contributed by atoms with Gasteiger partial charge in [-0.25, -0.2) is 0 Å². The van der Waals surface area contributed by atoms with Gasteiger partial charge in [0, 0.05) is 24.9 Å². The Bertz CT molecular complexity index is 497. The molecule has 94 valence electrons. The fourth-order valence-corrected chi connectivity index (χ4v) is 1.65. The first-order valence-corrected chi connectivity index (χ1v) is 5.84. The molecule has 0 amide bonds. The molecule has 0 atom stereocenters. The molecule has 0 aliphatic heterocycles. The smallest absolute Gasteiger partial charge is 0.150 e. The molecular weight excluding hydrogens is 228 g/mol. The van der Waals surface area contributed by atoms with Crippen LogP contribution in [0.1, 0.15) is 11.1 Å². The predicted octanol–water partition coefficient (Wildman–Crippen LogP) is 1.87. The van der Waals surface area contributed by atoms with Crippen LogP contribution in [0.4, 0.5) is 0 Å². The number of aliphatic hydroxyl groups excluding tert-OH is 1. The van der Waals surface area contributed by atoms with Crippen LogP contribution in [0.25, 0.3) is 0 Å². The van der Waals surface area contributed by atoms with E-state index in [0.717, 1.165) is 16.9 Å². The minimum Gasteiger partial charge on any atom is -0.455 e. The molecule has 1 aromatic heterocycles. The van der Waals surface area contributed by atoms with E-state index in [1.807, 2.05) is 30.3 Å². The van der Waals surface area contributed by atoms with Gasteiger partial charge in [0.2, 0.25) is 0 Å². The van der Waals surface area contributed by atoms with Gasteiger partial charge < -0.3 is 15.6 Å². The van der Waals surface area contributed by atoms with Crippen molar-refractivity contribution in [2.24, 2.45) is 5.73 Å².